The lowest BCUT2D eigenvalue weighted by Gasteiger charge is -2.23. The Hall–Kier alpha value is -3.19. The summed E-state index contributed by atoms with van der Waals surface area (Å²) in [5.41, 5.74) is 9.37. The third kappa shape index (κ3) is 5.46. The van der Waals surface area contributed by atoms with Gasteiger partial charge in [0, 0.05) is 28.7 Å². The SMILES string of the molecule is NC(=O)C1CCCCCC(C2=NC=C(c3nc4ccncc4n3-c3ccc(Cl)cc3)OC2)CCCC1. The predicted octanol–water partition coefficient (Wildman–Crippen LogP) is 6.09. The number of pyridine rings is 1. The van der Waals surface area contributed by atoms with E-state index in [9.17, 15) is 4.79 Å². The zero-order chi connectivity index (χ0) is 24.9. The van der Waals surface area contributed by atoms with Gasteiger partial charge in [-0.15, -0.1) is 0 Å². The van der Waals surface area contributed by atoms with E-state index in [-0.39, 0.29) is 11.8 Å². The highest BCUT2D eigenvalue weighted by Gasteiger charge is 2.24. The minimum absolute atomic E-state index is 0.0255. The number of aromatic nitrogens is 3. The number of fused-ring (bicyclic) bond motifs is 1. The molecule has 3 heterocycles. The lowest BCUT2D eigenvalue weighted by molar-refractivity contribution is -0.122. The zero-order valence-corrected chi connectivity index (χ0v) is 21.2. The summed E-state index contributed by atoms with van der Waals surface area (Å²) in [7, 11) is 0. The fourth-order valence-corrected chi connectivity index (χ4v) is 5.43. The maximum atomic E-state index is 11.7. The lowest BCUT2D eigenvalue weighted by Crippen LogP contribution is -2.23. The summed E-state index contributed by atoms with van der Waals surface area (Å²) >= 11 is 6.13. The Bertz CT molecular complexity index is 1280. The number of ether oxygens (including phenoxy) is 1. The van der Waals surface area contributed by atoms with Gasteiger partial charge in [0.05, 0.1) is 29.1 Å². The number of halogens is 1. The van der Waals surface area contributed by atoms with E-state index in [0.717, 1.165) is 80.2 Å². The molecule has 8 heteroatoms. The minimum Gasteiger partial charge on any atom is -0.482 e. The van der Waals surface area contributed by atoms with E-state index in [1.54, 1.807) is 6.20 Å². The lowest BCUT2D eigenvalue weighted by atomic mass is 9.90. The number of imidazole rings is 1. The van der Waals surface area contributed by atoms with E-state index < -0.39 is 0 Å². The number of aliphatic imine (C=N–C) groups is 1. The largest absolute Gasteiger partial charge is 0.482 e. The highest BCUT2D eigenvalue weighted by molar-refractivity contribution is 6.30. The number of benzene rings is 1. The molecule has 36 heavy (non-hydrogen) atoms. The Labute approximate surface area is 216 Å². The Morgan fingerprint density at radius 3 is 2.44 bits per heavy atom. The van der Waals surface area contributed by atoms with Gasteiger partial charge in [0.15, 0.2) is 11.6 Å². The van der Waals surface area contributed by atoms with Crippen molar-refractivity contribution in [3.05, 3.63) is 59.8 Å². The molecule has 0 bridgehead atoms. The molecule has 2 unspecified atom stereocenters. The van der Waals surface area contributed by atoms with E-state index in [1.165, 1.54) is 0 Å². The summed E-state index contributed by atoms with van der Waals surface area (Å²) in [5, 5.41) is 0.678. The van der Waals surface area contributed by atoms with Crippen LogP contribution in [0.1, 0.15) is 63.6 Å². The fraction of sp³-hybridized carbons (Fsp3) is 0.429. The molecule has 2 atom stereocenters. The van der Waals surface area contributed by atoms with E-state index in [4.69, 9.17) is 32.0 Å². The molecular weight excluding hydrogens is 474 g/mol. The molecule has 2 aliphatic rings. The number of hydrogen-bond donors (Lipinski definition) is 1. The molecular formula is C28H32ClN5O2. The molecule has 0 radical (unpaired) electrons. The molecule has 3 aromatic rings. The maximum Gasteiger partial charge on any atom is 0.220 e. The van der Waals surface area contributed by atoms with Crippen LogP contribution in [-0.4, -0.2) is 32.8 Å². The number of primary amides is 1. The average molecular weight is 506 g/mol. The van der Waals surface area contributed by atoms with E-state index in [1.807, 2.05) is 47.3 Å². The van der Waals surface area contributed by atoms with Crippen molar-refractivity contribution in [1.82, 2.24) is 14.5 Å². The van der Waals surface area contributed by atoms with E-state index in [2.05, 4.69) is 4.98 Å². The normalized spacial score (nSPS) is 21.7. The molecule has 1 aliphatic carbocycles. The van der Waals surface area contributed by atoms with Crippen LogP contribution in [0.3, 0.4) is 0 Å². The van der Waals surface area contributed by atoms with Crippen molar-refractivity contribution < 1.29 is 9.53 Å². The summed E-state index contributed by atoms with van der Waals surface area (Å²) in [6, 6.07) is 9.55. The van der Waals surface area contributed by atoms with Gasteiger partial charge in [-0.3, -0.25) is 19.3 Å². The standard InChI is InChI=1S/C28H32ClN5O2/c29-21-10-12-22(13-11-21)34-25-16-31-15-14-23(25)33-28(34)26-17-32-24(18-36-26)19-6-2-1-3-8-20(27(30)35)9-5-4-7-19/h10-17,19-20H,1-9,18H2,(H2,30,35). The van der Waals surface area contributed by atoms with Gasteiger partial charge < -0.3 is 10.5 Å². The van der Waals surface area contributed by atoms with Crippen LogP contribution in [0.5, 0.6) is 0 Å². The Balaban J connectivity index is 1.39. The molecule has 2 aromatic heterocycles. The third-order valence-corrected chi connectivity index (χ3v) is 7.57. The van der Waals surface area contributed by atoms with Crippen LogP contribution in [0.25, 0.3) is 22.5 Å². The van der Waals surface area contributed by atoms with E-state index in [0.29, 0.717) is 29.1 Å². The van der Waals surface area contributed by atoms with Crippen LogP contribution in [0.4, 0.5) is 0 Å². The second-order valence-corrected chi connectivity index (χ2v) is 10.2. The van der Waals surface area contributed by atoms with Crippen molar-refractivity contribution >= 4 is 40.0 Å². The summed E-state index contributed by atoms with van der Waals surface area (Å²) in [4.78, 5) is 25.7. The first-order chi connectivity index (χ1) is 17.6. The van der Waals surface area contributed by atoms with Crippen LogP contribution in [0.15, 0.2) is 53.9 Å². The minimum atomic E-state index is -0.145. The molecule has 5 rings (SSSR count). The monoisotopic (exact) mass is 505 g/mol. The third-order valence-electron chi connectivity index (χ3n) is 7.32. The van der Waals surface area contributed by atoms with Gasteiger partial charge in [0.1, 0.15) is 6.61 Å². The molecule has 0 spiro atoms. The molecule has 188 valence electrons. The molecule has 2 N–H and O–H groups in total. The van der Waals surface area contributed by atoms with Crippen molar-refractivity contribution in [2.24, 2.45) is 22.6 Å². The Kier molecular flexibility index (Phi) is 7.66. The first-order valence-electron chi connectivity index (χ1n) is 12.9. The van der Waals surface area contributed by atoms with Crippen LogP contribution in [0, 0.1) is 11.8 Å². The van der Waals surface area contributed by atoms with Crippen molar-refractivity contribution in [2.45, 2.75) is 57.8 Å². The van der Waals surface area contributed by atoms with Crippen molar-refractivity contribution in [2.75, 3.05) is 6.61 Å². The topological polar surface area (TPSA) is 95.4 Å². The number of nitrogens with two attached hydrogens (primary N) is 1. The van der Waals surface area contributed by atoms with Crippen LogP contribution in [0.2, 0.25) is 5.02 Å². The van der Waals surface area contributed by atoms with E-state index >= 15 is 0 Å². The molecule has 0 saturated heterocycles. The summed E-state index contributed by atoms with van der Waals surface area (Å²) in [6.45, 7) is 0.461. The van der Waals surface area contributed by atoms with Crippen LogP contribution in [-0.2, 0) is 9.53 Å². The predicted molar refractivity (Wildman–Crippen MR) is 143 cm³/mol. The number of nitrogens with zero attached hydrogens (tertiary/aromatic N) is 4. The van der Waals surface area contributed by atoms with Gasteiger partial charge in [0.25, 0.3) is 0 Å². The molecule has 7 nitrogen and oxygen atoms in total. The molecule has 1 aromatic carbocycles. The van der Waals surface area contributed by atoms with Crippen molar-refractivity contribution in [3.63, 3.8) is 0 Å². The van der Waals surface area contributed by atoms with Gasteiger partial charge in [-0.05, 0) is 56.0 Å². The number of carbonyl (C=O) groups is 1. The second-order valence-electron chi connectivity index (χ2n) is 9.73. The van der Waals surface area contributed by atoms with Gasteiger partial charge in [-0.2, -0.15) is 0 Å². The molecule has 1 fully saturated rings. The highest BCUT2D eigenvalue weighted by atomic mass is 35.5. The zero-order valence-electron chi connectivity index (χ0n) is 20.4. The molecule has 1 aliphatic heterocycles. The maximum absolute atomic E-state index is 11.7. The number of hydrogen-bond acceptors (Lipinski definition) is 5. The van der Waals surface area contributed by atoms with Crippen molar-refractivity contribution in [1.29, 1.82) is 0 Å². The first-order valence-corrected chi connectivity index (χ1v) is 13.3. The summed E-state index contributed by atoms with van der Waals surface area (Å²) in [5.74, 6) is 1.62. The first kappa shape index (κ1) is 24.5. The molecule has 1 amide bonds. The molecule has 1 saturated carbocycles. The van der Waals surface area contributed by atoms with Gasteiger partial charge in [0.2, 0.25) is 5.91 Å². The van der Waals surface area contributed by atoms with Gasteiger partial charge in [-0.1, -0.05) is 43.7 Å². The summed E-state index contributed by atoms with van der Waals surface area (Å²) in [6.07, 6.45) is 14.7. The van der Waals surface area contributed by atoms with Crippen LogP contribution >= 0.6 is 11.6 Å². The summed E-state index contributed by atoms with van der Waals surface area (Å²) < 4.78 is 8.32. The number of amides is 1. The fourth-order valence-electron chi connectivity index (χ4n) is 5.30. The Morgan fingerprint density at radius 2 is 1.72 bits per heavy atom. The average Bonchev–Trinajstić information content (AvgIpc) is 3.25. The van der Waals surface area contributed by atoms with Crippen LogP contribution < -0.4 is 5.73 Å². The smallest absolute Gasteiger partial charge is 0.220 e. The Morgan fingerprint density at radius 1 is 1.00 bits per heavy atom. The quantitative estimate of drug-likeness (QED) is 0.464. The van der Waals surface area contributed by atoms with Gasteiger partial charge in [-0.25, -0.2) is 4.98 Å². The van der Waals surface area contributed by atoms with Gasteiger partial charge >= 0.3 is 0 Å². The number of carbonyl (C=O) groups excluding carboxylic acids is 1. The van der Waals surface area contributed by atoms with Crippen molar-refractivity contribution in [3.8, 4) is 5.69 Å². The number of rotatable bonds is 4. The highest BCUT2D eigenvalue weighted by Crippen LogP contribution is 2.30. The second kappa shape index (κ2) is 11.2.